The molecule has 1 aromatic rings. The van der Waals surface area contributed by atoms with Crippen molar-refractivity contribution in [3.8, 4) is 0 Å². The molecule has 1 N–H and O–H groups in total. The molecular weight excluding hydrogens is 249 g/mol. The first-order chi connectivity index (χ1) is 7.34. The van der Waals surface area contributed by atoms with E-state index in [0.29, 0.717) is 11.5 Å². The van der Waals surface area contributed by atoms with Crippen molar-refractivity contribution in [1.82, 2.24) is 14.4 Å². The van der Waals surface area contributed by atoms with Crippen LogP contribution in [0.3, 0.4) is 0 Å². The number of amides is 2. The van der Waals surface area contributed by atoms with Gasteiger partial charge in [-0.2, -0.15) is 22.5 Å². The van der Waals surface area contributed by atoms with E-state index in [0.717, 1.165) is 5.06 Å². The molecule has 10 heteroatoms. The van der Waals surface area contributed by atoms with Crippen LogP contribution in [0.4, 0.5) is 23.1 Å². The molecule has 0 aromatic carbocycles. The molecular formula is C6H7F3N4O2S. The van der Waals surface area contributed by atoms with Gasteiger partial charge in [-0.25, -0.2) is 9.86 Å². The Hall–Kier alpha value is -1.42. The van der Waals surface area contributed by atoms with Crippen molar-refractivity contribution in [3.63, 3.8) is 0 Å². The van der Waals surface area contributed by atoms with Gasteiger partial charge in [0.2, 0.25) is 11.0 Å². The monoisotopic (exact) mass is 256 g/mol. The molecule has 0 aliphatic carbocycles. The molecule has 0 atom stereocenters. The number of hydrogen-bond acceptors (Lipinski definition) is 5. The molecule has 2 amide bonds. The highest BCUT2D eigenvalue weighted by Crippen LogP contribution is 2.28. The summed E-state index contributed by atoms with van der Waals surface area (Å²) in [6.45, 7) is 0. The number of nitrogens with zero attached hydrogens (tertiary/aromatic N) is 3. The first-order valence-corrected chi connectivity index (χ1v) is 4.61. The highest BCUT2D eigenvalue weighted by molar-refractivity contribution is 7.09. The van der Waals surface area contributed by atoms with Gasteiger partial charge < -0.3 is 0 Å². The van der Waals surface area contributed by atoms with E-state index < -0.39 is 18.0 Å². The Morgan fingerprint density at radius 3 is 2.62 bits per heavy atom. The molecule has 1 heterocycles. The first-order valence-electron chi connectivity index (χ1n) is 3.84. The van der Waals surface area contributed by atoms with E-state index >= 15 is 0 Å². The van der Waals surface area contributed by atoms with Crippen molar-refractivity contribution in [2.75, 3.05) is 19.5 Å². The maximum absolute atomic E-state index is 12.1. The summed E-state index contributed by atoms with van der Waals surface area (Å²) in [6.07, 6.45) is -4.62. The fourth-order valence-corrected chi connectivity index (χ4v) is 1.22. The summed E-state index contributed by atoms with van der Waals surface area (Å²) >= 11 is 0.437. The van der Waals surface area contributed by atoms with Crippen molar-refractivity contribution in [2.45, 2.75) is 6.18 Å². The molecule has 90 valence electrons. The number of halogens is 3. The fourth-order valence-electron chi connectivity index (χ4n) is 0.643. The average molecular weight is 256 g/mol. The van der Waals surface area contributed by atoms with Gasteiger partial charge in [-0.1, -0.05) is 0 Å². The number of nitrogens with one attached hydrogen (secondary N) is 1. The van der Waals surface area contributed by atoms with E-state index in [9.17, 15) is 18.0 Å². The van der Waals surface area contributed by atoms with Gasteiger partial charge >= 0.3 is 12.2 Å². The summed E-state index contributed by atoms with van der Waals surface area (Å²) in [5.41, 5.74) is 0. The predicted molar refractivity (Wildman–Crippen MR) is 48.7 cm³/mol. The molecule has 0 bridgehead atoms. The maximum Gasteiger partial charge on any atom is 0.452 e. The normalized spacial score (nSPS) is 11.3. The van der Waals surface area contributed by atoms with Gasteiger partial charge in [-0.15, -0.1) is 0 Å². The van der Waals surface area contributed by atoms with E-state index in [1.807, 2.05) is 0 Å². The maximum atomic E-state index is 12.1. The van der Waals surface area contributed by atoms with Crippen LogP contribution in [-0.2, 0) is 11.0 Å². The van der Waals surface area contributed by atoms with Crippen molar-refractivity contribution >= 4 is 22.7 Å². The quantitative estimate of drug-likeness (QED) is 0.816. The molecule has 16 heavy (non-hydrogen) atoms. The highest BCUT2D eigenvalue weighted by Gasteiger charge is 2.36. The molecule has 0 radical (unpaired) electrons. The second-order valence-corrected chi connectivity index (χ2v) is 3.28. The molecule has 0 fully saturated rings. The minimum Gasteiger partial charge on any atom is -0.280 e. The van der Waals surface area contributed by atoms with E-state index in [2.05, 4.69) is 19.5 Å². The lowest BCUT2D eigenvalue weighted by atomic mass is 10.6. The molecule has 0 saturated carbocycles. The molecule has 0 aliphatic heterocycles. The van der Waals surface area contributed by atoms with Crippen LogP contribution >= 0.6 is 11.5 Å². The average Bonchev–Trinajstić information content (AvgIpc) is 2.64. The third kappa shape index (κ3) is 3.03. The fraction of sp³-hybridized carbons (Fsp3) is 0.500. The van der Waals surface area contributed by atoms with Crippen molar-refractivity contribution in [3.05, 3.63) is 5.82 Å². The van der Waals surface area contributed by atoms with Crippen LogP contribution in [0.15, 0.2) is 0 Å². The van der Waals surface area contributed by atoms with Gasteiger partial charge in [0.05, 0.1) is 7.11 Å². The Bertz CT molecular complexity index is 380. The zero-order valence-electron chi connectivity index (χ0n) is 8.20. The van der Waals surface area contributed by atoms with E-state index in [-0.39, 0.29) is 5.13 Å². The molecule has 1 aromatic heterocycles. The second kappa shape index (κ2) is 4.61. The van der Waals surface area contributed by atoms with Crippen LogP contribution in [0.25, 0.3) is 0 Å². The third-order valence-electron chi connectivity index (χ3n) is 1.45. The van der Waals surface area contributed by atoms with Gasteiger partial charge in [0, 0.05) is 18.6 Å². The molecule has 0 spiro atoms. The summed E-state index contributed by atoms with van der Waals surface area (Å²) < 4.78 is 39.3. The number of carbonyl (C=O) groups excluding carboxylic acids is 1. The van der Waals surface area contributed by atoms with Crippen LogP contribution < -0.4 is 5.32 Å². The van der Waals surface area contributed by atoms with Crippen LogP contribution in [0.2, 0.25) is 0 Å². The zero-order valence-corrected chi connectivity index (χ0v) is 9.02. The minimum absolute atomic E-state index is 0.249. The Morgan fingerprint density at radius 1 is 1.56 bits per heavy atom. The van der Waals surface area contributed by atoms with Gasteiger partial charge in [-0.05, 0) is 0 Å². The van der Waals surface area contributed by atoms with Gasteiger partial charge in [0.15, 0.2) is 0 Å². The Labute approximate surface area is 92.1 Å². The van der Waals surface area contributed by atoms with Gasteiger partial charge in [0.25, 0.3) is 0 Å². The highest BCUT2D eigenvalue weighted by atomic mass is 32.1. The summed E-state index contributed by atoms with van der Waals surface area (Å²) in [5.74, 6) is -1.28. The molecule has 0 saturated heterocycles. The van der Waals surface area contributed by atoms with E-state index in [1.54, 1.807) is 0 Å². The number of alkyl halides is 3. The molecule has 6 nitrogen and oxygen atoms in total. The number of hydroxylamine groups is 2. The second-order valence-electron chi connectivity index (χ2n) is 2.53. The lowest BCUT2D eigenvalue weighted by Gasteiger charge is -2.12. The number of rotatable bonds is 2. The van der Waals surface area contributed by atoms with Crippen LogP contribution in [-0.4, -0.2) is 34.6 Å². The molecule has 0 unspecified atom stereocenters. The largest absolute Gasteiger partial charge is 0.452 e. The van der Waals surface area contributed by atoms with Crippen molar-refractivity contribution in [1.29, 1.82) is 0 Å². The Morgan fingerprint density at radius 2 is 2.19 bits per heavy atom. The standard InChI is InChI=1S/C6H7F3N4O2S/c1-13(15-2)5(14)11-4-10-3(12-16-4)6(7,8)9/h1-2H3,(H,10,11,12,14). The molecule has 0 aliphatic rings. The molecule has 1 rings (SSSR count). The van der Waals surface area contributed by atoms with Crippen LogP contribution in [0.5, 0.6) is 0 Å². The van der Waals surface area contributed by atoms with E-state index in [4.69, 9.17) is 0 Å². The van der Waals surface area contributed by atoms with E-state index in [1.165, 1.54) is 14.2 Å². The smallest absolute Gasteiger partial charge is 0.280 e. The lowest BCUT2D eigenvalue weighted by molar-refractivity contribution is -0.144. The summed E-state index contributed by atoms with van der Waals surface area (Å²) in [6, 6.07) is -0.743. The Balaban J connectivity index is 2.70. The minimum atomic E-state index is -4.62. The van der Waals surface area contributed by atoms with Crippen molar-refractivity contribution < 1.29 is 22.8 Å². The SMILES string of the molecule is CON(C)C(=O)Nc1nc(C(F)(F)F)ns1. The zero-order chi connectivity index (χ0) is 12.3. The van der Waals surface area contributed by atoms with Crippen molar-refractivity contribution in [2.24, 2.45) is 0 Å². The topological polar surface area (TPSA) is 67.3 Å². The van der Waals surface area contributed by atoms with Gasteiger partial charge in [0.1, 0.15) is 0 Å². The summed E-state index contributed by atoms with van der Waals surface area (Å²) in [7, 11) is 2.53. The third-order valence-corrected chi connectivity index (χ3v) is 2.08. The summed E-state index contributed by atoms with van der Waals surface area (Å²) in [4.78, 5) is 18.8. The van der Waals surface area contributed by atoms with Crippen LogP contribution in [0, 0.1) is 0 Å². The number of urea groups is 1. The number of carbonyl (C=O) groups is 1. The van der Waals surface area contributed by atoms with Gasteiger partial charge in [-0.3, -0.25) is 10.2 Å². The summed E-state index contributed by atoms with van der Waals surface area (Å²) in [5, 5.41) is 2.64. The lowest BCUT2D eigenvalue weighted by Crippen LogP contribution is -2.30. The predicted octanol–water partition coefficient (Wildman–Crippen LogP) is 1.58. The number of hydrogen-bond donors (Lipinski definition) is 1. The Kier molecular flexibility index (Phi) is 3.65. The number of anilines is 1. The number of aromatic nitrogens is 2. The van der Waals surface area contributed by atoms with Crippen LogP contribution in [0.1, 0.15) is 5.82 Å². The first kappa shape index (κ1) is 12.6.